The van der Waals surface area contributed by atoms with Gasteiger partial charge in [0.05, 0.1) is 22.9 Å². The summed E-state index contributed by atoms with van der Waals surface area (Å²) in [6.07, 6.45) is 2.84. The van der Waals surface area contributed by atoms with Gasteiger partial charge in [-0.05, 0) is 94.0 Å². The second kappa shape index (κ2) is 12.1. The minimum Gasteiger partial charge on any atom is -0.490 e. The van der Waals surface area contributed by atoms with Crippen LogP contribution < -0.4 is 25.3 Å². The Morgan fingerprint density at radius 3 is 2.56 bits per heavy atom. The molecule has 5 rings (SSSR count). The van der Waals surface area contributed by atoms with Gasteiger partial charge in [0.25, 0.3) is 5.91 Å². The molecule has 1 aliphatic rings. The molecule has 43 heavy (non-hydrogen) atoms. The number of nitrogen functional groups attached to an aromatic ring is 1. The highest BCUT2D eigenvalue weighted by Crippen LogP contribution is 2.38. The van der Waals surface area contributed by atoms with Gasteiger partial charge in [0.2, 0.25) is 5.60 Å². The molecule has 0 aliphatic heterocycles. The molecule has 4 aromatic rings. The van der Waals surface area contributed by atoms with Gasteiger partial charge in [0.15, 0.2) is 21.3 Å². The molecule has 0 bridgehead atoms. The van der Waals surface area contributed by atoms with Gasteiger partial charge in [-0.25, -0.2) is 13.4 Å². The molecule has 3 aromatic carbocycles. The van der Waals surface area contributed by atoms with Gasteiger partial charge in [-0.15, -0.1) is 0 Å². The molecule has 1 aliphatic carbocycles. The number of ether oxygens (including phenoxy) is 3. The zero-order valence-corrected chi connectivity index (χ0v) is 25.6. The molecular weight excluding hydrogens is 566 g/mol. The lowest BCUT2D eigenvalue weighted by molar-refractivity contribution is -0.136. The second-order valence-corrected chi connectivity index (χ2v) is 13.2. The van der Waals surface area contributed by atoms with Crippen LogP contribution in [0, 0.1) is 0 Å². The van der Waals surface area contributed by atoms with E-state index in [2.05, 4.69) is 10.3 Å². The maximum atomic E-state index is 14.1. The molecule has 3 N–H and O–H groups in total. The van der Waals surface area contributed by atoms with Crippen molar-refractivity contribution in [1.29, 1.82) is 0 Å². The smallest absolute Gasteiger partial charge is 0.268 e. The molecule has 1 saturated carbocycles. The van der Waals surface area contributed by atoms with Crippen LogP contribution in [0.25, 0.3) is 10.8 Å². The van der Waals surface area contributed by atoms with Gasteiger partial charge in [0.1, 0.15) is 11.6 Å². The van der Waals surface area contributed by atoms with E-state index in [0.29, 0.717) is 53.6 Å². The number of hydrogen-bond acceptors (Lipinski definition) is 8. The Morgan fingerprint density at radius 2 is 1.84 bits per heavy atom. The highest BCUT2D eigenvalue weighted by molar-refractivity contribution is 7.92. The lowest BCUT2D eigenvalue weighted by Gasteiger charge is -2.31. The van der Waals surface area contributed by atoms with Crippen molar-refractivity contribution in [3.05, 3.63) is 84.1 Å². The first-order valence-corrected chi connectivity index (χ1v) is 15.9. The lowest BCUT2D eigenvalue weighted by atomic mass is 9.93. The number of benzene rings is 3. The van der Waals surface area contributed by atoms with E-state index in [0.717, 1.165) is 10.8 Å². The van der Waals surface area contributed by atoms with E-state index >= 15 is 0 Å². The number of nitrogens with two attached hydrogens (primary N) is 1. The predicted molar refractivity (Wildman–Crippen MR) is 166 cm³/mol. The van der Waals surface area contributed by atoms with Crippen molar-refractivity contribution in [3.63, 3.8) is 0 Å². The van der Waals surface area contributed by atoms with Crippen molar-refractivity contribution >= 4 is 32.3 Å². The molecule has 1 atom stereocenters. The summed E-state index contributed by atoms with van der Waals surface area (Å²) in [6, 6.07) is 19.2. The Morgan fingerprint density at radius 1 is 1.07 bits per heavy atom. The Bertz CT molecular complexity index is 1750. The first-order chi connectivity index (χ1) is 20.5. The minimum atomic E-state index is -3.46. The van der Waals surface area contributed by atoms with Gasteiger partial charge in [-0.2, -0.15) is 0 Å². The van der Waals surface area contributed by atoms with Crippen molar-refractivity contribution < 1.29 is 27.4 Å². The first kappa shape index (κ1) is 30.2. The number of amides is 1. The monoisotopic (exact) mass is 603 g/mol. The molecule has 226 valence electrons. The summed E-state index contributed by atoms with van der Waals surface area (Å²) in [5, 5.41) is 4.16. The number of nitrogens with one attached hydrogen (secondary N) is 1. The van der Waals surface area contributed by atoms with Crippen molar-refractivity contribution in [1.82, 2.24) is 10.3 Å². The molecule has 1 fully saturated rings. The largest absolute Gasteiger partial charge is 0.490 e. The van der Waals surface area contributed by atoms with Crippen LogP contribution in [0.15, 0.2) is 77.8 Å². The van der Waals surface area contributed by atoms with E-state index in [-0.39, 0.29) is 22.8 Å². The molecular formula is C33H37N3O6S. The zero-order valence-electron chi connectivity index (χ0n) is 24.8. The molecule has 1 amide bonds. The van der Waals surface area contributed by atoms with Crippen LogP contribution in [-0.2, 0) is 26.8 Å². The molecule has 0 spiro atoms. The maximum absolute atomic E-state index is 14.1. The van der Waals surface area contributed by atoms with Crippen LogP contribution >= 0.6 is 0 Å². The standard InChI is InChI=1S/C33H37N3O6S/c1-5-40-29-19-24(10-15-28(29)41-21(2)3)33(4,42-25-11-14-27-22(18-25)16-17-35-31(27)34)32(37)36-20-23-8-6-7-9-30(23)43(38,39)26-12-13-26/h6-11,14-19,21,26H,5,12-13,20H2,1-4H3,(H2,34,35)(H,36,37). The Labute approximate surface area is 252 Å². The fraction of sp³-hybridized carbons (Fsp3) is 0.333. The maximum Gasteiger partial charge on any atom is 0.268 e. The van der Waals surface area contributed by atoms with E-state index in [4.69, 9.17) is 19.9 Å². The summed E-state index contributed by atoms with van der Waals surface area (Å²) in [5.74, 6) is 1.41. The molecule has 9 nitrogen and oxygen atoms in total. The van der Waals surface area contributed by atoms with E-state index in [1.54, 1.807) is 73.8 Å². The summed E-state index contributed by atoms with van der Waals surface area (Å²) < 4.78 is 44.5. The van der Waals surface area contributed by atoms with Gasteiger partial charge in [0, 0.05) is 23.7 Å². The number of pyridine rings is 1. The third kappa shape index (κ3) is 6.39. The van der Waals surface area contributed by atoms with Crippen molar-refractivity contribution in [3.8, 4) is 17.2 Å². The highest BCUT2D eigenvalue weighted by atomic mass is 32.2. The fourth-order valence-corrected chi connectivity index (χ4v) is 6.86. The van der Waals surface area contributed by atoms with Crippen LogP contribution in [0.5, 0.6) is 17.2 Å². The number of aromatic nitrogens is 1. The van der Waals surface area contributed by atoms with Crippen LogP contribution in [0.4, 0.5) is 5.82 Å². The number of hydrogen-bond donors (Lipinski definition) is 2. The molecule has 1 aromatic heterocycles. The number of fused-ring (bicyclic) bond motifs is 1. The summed E-state index contributed by atoms with van der Waals surface area (Å²) in [6.45, 7) is 7.80. The second-order valence-electron chi connectivity index (χ2n) is 11.0. The van der Waals surface area contributed by atoms with E-state index in [9.17, 15) is 13.2 Å². The molecule has 1 unspecified atom stereocenters. The van der Waals surface area contributed by atoms with E-state index < -0.39 is 21.3 Å². The summed E-state index contributed by atoms with van der Waals surface area (Å²) >= 11 is 0. The zero-order chi connectivity index (χ0) is 30.8. The quantitative estimate of drug-likeness (QED) is 0.216. The Hall–Kier alpha value is -4.31. The van der Waals surface area contributed by atoms with E-state index in [1.807, 2.05) is 26.8 Å². The van der Waals surface area contributed by atoms with Gasteiger partial charge < -0.3 is 25.3 Å². The Kier molecular flexibility index (Phi) is 8.50. The number of sulfone groups is 1. The van der Waals surface area contributed by atoms with Crippen molar-refractivity contribution in [2.24, 2.45) is 0 Å². The van der Waals surface area contributed by atoms with Crippen LogP contribution in [0.3, 0.4) is 0 Å². The number of rotatable bonds is 12. The topological polar surface area (TPSA) is 130 Å². The summed E-state index contributed by atoms with van der Waals surface area (Å²) in [7, 11) is -3.46. The van der Waals surface area contributed by atoms with Crippen molar-refractivity contribution in [2.75, 3.05) is 12.3 Å². The van der Waals surface area contributed by atoms with E-state index in [1.165, 1.54) is 0 Å². The fourth-order valence-electron chi connectivity index (χ4n) is 4.97. The summed E-state index contributed by atoms with van der Waals surface area (Å²) in [5.41, 5.74) is 5.55. The Balaban J connectivity index is 1.52. The highest BCUT2D eigenvalue weighted by Gasteiger charge is 2.40. The number of carbonyl (C=O) groups is 1. The molecule has 0 saturated heterocycles. The average molecular weight is 604 g/mol. The number of anilines is 1. The number of nitrogens with zero attached hydrogens (tertiary/aromatic N) is 1. The molecule has 10 heteroatoms. The van der Waals surface area contributed by atoms with Crippen molar-refractivity contribution in [2.45, 2.75) is 68.9 Å². The SMILES string of the molecule is CCOc1cc(C(C)(Oc2ccc3c(N)nccc3c2)C(=O)NCc2ccccc2S(=O)(=O)C2CC2)ccc1OC(C)C. The van der Waals surface area contributed by atoms with Gasteiger partial charge in [-0.1, -0.05) is 24.3 Å². The normalized spacial score (nSPS) is 14.7. The predicted octanol–water partition coefficient (Wildman–Crippen LogP) is 5.55. The third-order valence-corrected chi connectivity index (χ3v) is 9.72. The minimum absolute atomic E-state index is 0.00664. The van der Waals surface area contributed by atoms with Gasteiger partial charge >= 0.3 is 0 Å². The number of carbonyl (C=O) groups excluding carboxylic acids is 1. The third-order valence-electron chi connectivity index (χ3n) is 7.36. The van der Waals surface area contributed by atoms with Crippen LogP contribution in [0.1, 0.15) is 51.7 Å². The average Bonchev–Trinajstić information content (AvgIpc) is 3.83. The van der Waals surface area contributed by atoms with Crippen LogP contribution in [0.2, 0.25) is 0 Å². The molecule has 1 heterocycles. The lowest BCUT2D eigenvalue weighted by Crippen LogP contribution is -2.46. The molecule has 0 radical (unpaired) electrons. The summed E-state index contributed by atoms with van der Waals surface area (Å²) in [4.78, 5) is 18.5. The van der Waals surface area contributed by atoms with Gasteiger partial charge in [-0.3, -0.25) is 4.79 Å². The van der Waals surface area contributed by atoms with Crippen LogP contribution in [-0.4, -0.2) is 37.3 Å². The first-order valence-electron chi connectivity index (χ1n) is 14.4.